The summed E-state index contributed by atoms with van der Waals surface area (Å²) in [7, 11) is 1.67. The van der Waals surface area contributed by atoms with Crippen molar-refractivity contribution in [3.8, 4) is 5.75 Å². The Morgan fingerprint density at radius 3 is 2.35 bits per heavy atom. The molecule has 0 saturated carbocycles. The number of rotatable bonds is 9. The molecule has 5 heteroatoms. The average molecular weight is 282 g/mol. The van der Waals surface area contributed by atoms with Gasteiger partial charge in [0.05, 0.1) is 13.2 Å². The summed E-state index contributed by atoms with van der Waals surface area (Å²) in [6, 6.07) is 5.95. The minimum Gasteiger partial charge on any atom is -0.496 e. The van der Waals surface area contributed by atoms with Crippen LogP contribution in [0.25, 0.3) is 0 Å². The molecule has 1 rings (SSSR count). The van der Waals surface area contributed by atoms with Crippen LogP contribution in [0.5, 0.6) is 5.75 Å². The van der Waals surface area contributed by atoms with E-state index in [2.05, 4.69) is 18.4 Å². The Balaban J connectivity index is 2.88. The van der Waals surface area contributed by atoms with Gasteiger partial charge in [-0.1, -0.05) is 17.7 Å². The van der Waals surface area contributed by atoms with Crippen molar-refractivity contribution in [2.24, 2.45) is 5.84 Å². The maximum atomic E-state index is 5.66. The Morgan fingerprint density at radius 2 is 1.85 bits per heavy atom. The van der Waals surface area contributed by atoms with Crippen molar-refractivity contribution in [1.29, 1.82) is 0 Å². The van der Waals surface area contributed by atoms with E-state index in [1.54, 1.807) is 7.11 Å². The first-order chi connectivity index (χ1) is 9.65. The number of methoxy groups -OCH3 is 1. The van der Waals surface area contributed by atoms with Crippen LogP contribution < -0.4 is 16.0 Å². The molecular formula is C15H26N2O3. The van der Waals surface area contributed by atoms with Crippen molar-refractivity contribution < 1.29 is 14.2 Å². The molecule has 0 radical (unpaired) electrons. The highest BCUT2D eigenvalue weighted by Gasteiger charge is 2.23. The smallest absolute Gasteiger partial charge is 0.174 e. The molecule has 5 nitrogen and oxygen atoms in total. The van der Waals surface area contributed by atoms with Gasteiger partial charge in [0.15, 0.2) is 6.29 Å². The summed E-state index contributed by atoms with van der Waals surface area (Å²) in [6.07, 6.45) is 0.298. The van der Waals surface area contributed by atoms with Gasteiger partial charge in [-0.3, -0.25) is 11.3 Å². The van der Waals surface area contributed by atoms with Gasteiger partial charge in [0.2, 0.25) is 0 Å². The van der Waals surface area contributed by atoms with Crippen LogP contribution in [0.15, 0.2) is 18.2 Å². The Morgan fingerprint density at radius 1 is 1.20 bits per heavy atom. The molecule has 0 bridgehead atoms. The molecule has 1 aromatic rings. The molecule has 0 saturated heterocycles. The predicted molar refractivity (Wildman–Crippen MR) is 79.6 cm³/mol. The van der Waals surface area contributed by atoms with Crippen LogP contribution in [0.1, 0.15) is 25.0 Å². The molecule has 0 aromatic heterocycles. The maximum Gasteiger partial charge on any atom is 0.174 e. The van der Waals surface area contributed by atoms with Crippen molar-refractivity contribution in [3.63, 3.8) is 0 Å². The Bertz CT molecular complexity index is 393. The molecular weight excluding hydrogens is 256 g/mol. The minimum absolute atomic E-state index is 0.134. The summed E-state index contributed by atoms with van der Waals surface area (Å²) in [6.45, 7) is 7.08. The van der Waals surface area contributed by atoms with Crippen LogP contribution in [0.4, 0.5) is 0 Å². The zero-order chi connectivity index (χ0) is 15.0. The van der Waals surface area contributed by atoms with E-state index in [0.717, 1.165) is 11.3 Å². The lowest BCUT2D eigenvalue weighted by molar-refractivity contribution is -0.153. The molecule has 1 atom stereocenters. The van der Waals surface area contributed by atoms with Crippen LogP contribution in [0, 0.1) is 6.92 Å². The van der Waals surface area contributed by atoms with Crippen molar-refractivity contribution in [1.82, 2.24) is 5.43 Å². The summed E-state index contributed by atoms with van der Waals surface area (Å²) in [5.41, 5.74) is 5.05. The van der Waals surface area contributed by atoms with E-state index in [9.17, 15) is 0 Å². The molecule has 0 spiro atoms. The van der Waals surface area contributed by atoms with Crippen molar-refractivity contribution in [3.05, 3.63) is 29.3 Å². The monoisotopic (exact) mass is 282 g/mol. The second-order valence-electron chi connectivity index (χ2n) is 4.57. The number of ether oxygens (including phenoxy) is 3. The lowest BCUT2D eigenvalue weighted by atomic mass is 10.0. The summed E-state index contributed by atoms with van der Waals surface area (Å²) < 4.78 is 16.6. The van der Waals surface area contributed by atoms with Gasteiger partial charge >= 0.3 is 0 Å². The molecule has 0 aliphatic heterocycles. The van der Waals surface area contributed by atoms with Gasteiger partial charge in [-0.2, -0.15) is 0 Å². The number of nitrogens with two attached hydrogens (primary N) is 1. The van der Waals surface area contributed by atoms with Gasteiger partial charge < -0.3 is 14.2 Å². The highest BCUT2D eigenvalue weighted by molar-refractivity contribution is 5.37. The van der Waals surface area contributed by atoms with Crippen molar-refractivity contribution >= 4 is 0 Å². The quantitative estimate of drug-likeness (QED) is 0.410. The number of aryl methyl sites for hydroxylation is 1. The number of hydrogen-bond acceptors (Lipinski definition) is 5. The highest BCUT2D eigenvalue weighted by atomic mass is 16.7. The van der Waals surface area contributed by atoms with Crippen molar-refractivity contribution in [2.45, 2.75) is 39.5 Å². The van der Waals surface area contributed by atoms with Crippen LogP contribution in [0.2, 0.25) is 0 Å². The lowest BCUT2D eigenvalue weighted by Gasteiger charge is -2.26. The van der Waals surface area contributed by atoms with Gasteiger partial charge in [-0.15, -0.1) is 0 Å². The Labute approximate surface area is 121 Å². The molecule has 3 N–H and O–H groups in total. The van der Waals surface area contributed by atoms with Gasteiger partial charge in [0.25, 0.3) is 0 Å². The molecule has 20 heavy (non-hydrogen) atoms. The third-order valence-corrected chi connectivity index (χ3v) is 3.08. The SMILES string of the molecule is CCOC(OCC)C(Cc1cc(C)ccc1OC)NN. The second kappa shape index (κ2) is 8.92. The van der Waals surface area contributed by atoms with E-state index in [1.165, 1.54) is 5.56 Å². The number of hydrazine groups is 1. The van der Waals surface area contributed by atoms with E-state index < -0.39 is 0 Å². The zero-order valence-electron chi connectivity index (χ0n) is 12.8. The predicted octanol–water partition coefficient (Wildman–Crippen LogP) is 1.78. The third kappa shape index (κ3) is 4.76. The van der Waals surface area contributed by atoms with Gasteiger partial charge in [0.1, 0.15) is 5.75 Å². The van der Waals surface area contributed by atoms with E-state index in [1.807, 2.05) is 26.0 Å². The second-order valence-corrected chi connectivity index (χ2v) is 4.57. The minimum atomic E-state index is -0.375. The lowest BCUT2D eigenvalue weighted by Crippen LogP contribution is -2.48. The fourth-order valence-electron chi connectivity index (χ4n) is 2.15. The van der Waals surface area contributed by atoms with E-state index in [-0.39, 0.29) is 12.3 Å². The average Bonchev–Trinajstić information content (AvgIpc) is 2.45. The van der Waals surface area contributed by atoms with E-state index in [4.69, 9.17) is 20.1 Å². The normalized spacial score (nSPS) is 12.7. The Hall–Kier alpha value is -1.14. The first kappa shape index (κ1) is 16.9. The molecule has 1 aromatic carbocycles. The van der Waals surface area contributed by atoms with Gasteiger partial charge in [-0.05, 0) is 38.8 Å². The molecule has 0 aliphatic carbocycles. The van der Waals surface area contributed by atoms with Crippen LogP contribution in [0.3, 0.4) is 0 Å². The molecule has 1 unspecified atom stereocenters. The fraction of sp³-hybridized carbons (Fsp3) is 0.600. The first-order valence-corrected chi connectivity index (χ1v) is 6.99. The maximum absolute atomic E-state index is 5.66. The summed E-state index contributed by atoms with van der Waals surface area (Å²) >= 11 is 0. The van der Waals surface area contributed by atoms with Crippen molar-refractivity contribution in [2.75, 3.05) is 20.3 Å². The van der Waals surface area contributed by atoms with Gasteiger partial charge in [0, 0.05) is 13.2 Å². The number of hydrogen-bond donors (Lipinski definition) is 2. The molecule has 0 heterocycles. The first-order valence-electron chi connectivity index (χ1n) is 6.99. The van der Waals surface area contributed by atoms with Gasteiger partial charge in [-0.25, -0.2) is 0 Å². The van der Waals surface area contributed by atoms with E-state index in [0.29, 0.717) is 19.6 Å². The van der Waals surface area contributed by atoms with Crippen LogP contribution >= 0.6 is 0 Å². The molecule has 0 amide bonds. The number of benzene rings is 1. The summed E-state index contributed by atoms with van der Waals surface area (Å²) in [5, 5.41) is 0. The third-order valence-electron chi connectivity index (χ3n) is 3.08. The molecule has 0 fully saturated rings. The van der Waals surface area contributed by atoms with Crippen LogP contribution in [-0.4, -0.2) is 32.7 Å². The molecule has 0 aliphatic rings. The van der Waals surface area contributed by atoms with E-state index >= 15 is 0 Å². The fourth-order valence-corrected chi connectivity index (χ4v) is 2.15. The largest absolute Gasteiger partial charge is 0.496 e. The summed E-state index contributed by atoms with van der Waals surface area (Å²) in [4.78, 5) is 0. The standard InChI is InChI=1S/C15H26N2O3/c1-5-19-15(20-6-2)13(17-16)10-12-9-11(3)7-8-14(12)18-4/h7-9,13,15,17H,5-6,10,16H2,1-4H3. The van der Waals surface area contributed by atoms with Crippen LogP contribution in [-0.2, 0) is 15.9 Å². The highest BCUT2D eigenvalue weighted by Crippen LogP contribution is 2.22. The zero-order valence-corrected chi connectivity index (χ0v) is 12.8. The topological polar surface area (TPSA) is 65.7 Å². The Kier molecular flexibility index (Phi) is 7.54. The summed E-state index contributed by atoms with van der Waals surface area (Å²) in [5.74, 6) is 6.51. The number of nitrogens with one attached hydrogen (secondary N) is 1. The molecule has 114 valence electrons.